The van der Waals surface area contributed by atoms with E-state index in [4.69, 9.17) is 0 Å². The maximum absolute atomic E-state index is 4.24. The third kappa shape index (κ3) is 1.96. The first-order valence-corrected chi connectivity index (χ1v) is 5.45. The van der Waals surface area contributed by atoms with Crippen LogP contribution in [0.4, 0.5) is 0 Å². The lowest BCUT2D eigenvalue weighted by atomic mass is 9.97. The van der Waals surface area contributed by atoms with Gasteiger partial charge in [0, 0.05) is 18.0 Å². The lowest BCUT2D eigenvalue weighted by molar-refractivity contribution is 1.05. The minimum absolute atomic E-state index is 0.810. The summed E-state index contributed by atoms with van der Waals surface area (Å²) >= 11 is 0. The molecule has 0 aliphatic heterocycles. The van der Waals surface area contributed by atoms with Crippen LogP contribution in [0, 0.1) is 27.7 Å². The highest BCUT2D eigenvalue weighted by Crippen LogP contribution is 2.25. The highest BCUT2D eigenvalue weighted by Gasteiger charge is 2.05. The predicted octanol–water partition coefficient (Wildman–Crippen LogP) is 3.38. The van der Waals surface area contributed by atoms with Gasteiger partial charge in [0.1, 0.15) is 5.82 Å². The molecule has 0 saturated heterocycles. The van der Waals surface area contributed by atoms with Gasteiger partial charge in [0.2, 0.25) is 0 Å². The van der Waals surface area contributed by atoms with E-state index in [1.54, 1.807) is 0 Å². The minimum Gasteiger partial charge on any atom is -0.241 e. The van der Waals surface area contributed by atoms with Crippen LogP contribution in [0.3, 0.4) is 0 Å². The quantitative estimate of drug-likeness (QED) is 0.724. The molecule has 0 amide bonds. The van der Waals surface area contributed by atoms with E-state index >= 15 is 0 Å². The minimum atomic E-state index is 0.810. The van der Waals surface area contributed by atoms with Gasteiger partial charge in [-0.15, -0.1) is 0 Å². The van der Waals surface area contributed by atoms with Crippen molar-refractivity contribution in [2.75, 3.05) is 0 Å². The molecule has 1 heterocycles. The number of benzene rings is 1. The first kappa shape index (κ1) is 10.8. The molecular formula is C14H16N2. The van der Waals surface area contributed by atoms with Crippen molar-refractivity contribution in [3.63, 3.8) is 0 Å². The summed E-state index contributed by atoms with van der Waals surface area (Å²) in [5.74, 6) is 0.810. The summed E-state index contributed by atoms with van der Waals surface area (Å²) in [6.45, 7) is 8.30. The Kier molecular flexibility index (Phi) is 2.73. The van der Waals surface area contributed by atoms with Crippen molar-refractivity contribution in [3.05, 3.63) is 47.0 Å². The zero-order chi connectivity index (χ0) is 11.7. The molecular weight excluding hydrogens is 196 g/mol. The standard InChI is InChI=1S/C14H16N2/c1-9-5-11(3)14(6-10(9)2)13-7-15-12(4)16-8-13/h5-8H,1-4H3. The van der Waals surface area contributed by atoms with E-state index in [1.165, 1.54) is 22.3 Å². The zero-order valence-corrected chi connectivity index (χ0v) is 10.2. The summed E-state index contributed by atoms with van der Waals surface area (Å²) in [6.07, 6.45) is 3.78. The second kappa shape index (κ2) is 4.05. The van der Waals surface area contributed by atoms with Crippen molar-refractivity contribution >= 4 is 0 Å². The van der Waals surface area contributed by atoms with E-state index in [0.717, 1.165) is 11.4 Å². The number of rotatable bonds is 1. The molecule has 0 aliphatic carbocycles. The van der Waals surface area contributed by atoms with Gasteiger partial charge in [0.15, 0.2) is 0 Å². The van der Waals surface area contributed by atoms with Gasteiger partial charge in [-0.2, -0.15) is 0 Å². The Hall–Kier alpha value is -1.70. The van der Waals surface area contributed by atoms with Crippen LogP contribution in [0.2, 0.25) is 0 Å². The monoisotopic (exact) mass is 212 g/mol. The zero-order valence-electron chi connectivity index (χ0n) is 10.2. The Balaban J connectivity index is 2.56. The average molecular weight is 212 g/mol. The van der Waals surface area contributed by atoms with Crippen LogP contribution in [0.5, 0.6) is 0 Å². The second-order valence-corrected chi connectivity index (χ2v) is 4.27. The fourth-order valence-corrected chi connectivity index (χ4v) is 1.80. The van der Waals surface area contributed by atoms with Gasteiger partial charge in [0.05, 0.1) is 0 Å². The lowest BCUT2D eigenvalue weighted by Crippen LogP contribution is -1.92. The molecule has 0 saturated carbocycles. The maximum atomic E-state index is 4.24. The Bertz CT molecular complexity index is 513. The molecule has 2 nitrogen and oxygen atoms in total. The third-order valence-electron chi connectivity index (χ3n) is 2.93. The molecule has 0 fully saturated rings. The molecule has 0 unspecified atom stereocenters. The lowest BCUT2D eigenvalue weighted by Gasteiger charge is -2.09. The van der Waals surface area contributed by atoms with Crippen molar-refractivity contribution in [1.82, 2.24) is 9.97 Å². The van der Waals surface area contributed by atoms with Gasteiger partial charge < -0.3 is 0 Å². The highest BCUT2D eigenvalue weighted by atomic mass is 14.8. The summed E-state index contributed by atoms with van der Waals surface area (Å²) in [4.78, 5) is 8.48. The van der Waals surface area contributed by atoms with Crippen LogP contribution in [-0.2, 0) is 0 Å². The maximum Gasteiger partial charge on any atom is 0.125 e. The Morgan fingerprint density at radius 2 is 1.31 bits per heavy atom. The molecule has 2 rings (SSSR count). The molecule has 16 heavy (non-hydrogen) atoms. The van der Waals surface area contributed by atoms with Gasteiger partial charge in [-0.05, 0) is 49.9 Å². The van der Waals surface area contributed by atoms with Crippen LogP contribution in [0.1, 0.15) is 22.5 Å². The van der Waals surface area contributed by atoms with Crippen LogP contribution >= 0.6 is 0 Å². The summed E-state index contributed by atoms with van der Waals surface area (Å²) in [5, 5.41) is 0. The number of aryl methyl sites for hydroxylation is 4. The molecule has 1 aromatic carbocycles. The van der Waals surface area contributed by atoms with E-state index in [-0.39, 0.29) is 0 Å². The second-order valence-electron chi connectivity index (χ2n) is 4.27. The first-order chi connectivity index (χ1) is 7.58. The molecule has 0 spiro atoms. The largest absolute Gasteiger partial charge is 0.241 e. The molecule has 0 radical (unpaired) electrons. The topological polar surface area (TPSA) is 25.8 Å². The molecule has 0 atom stereocenters. The van der Waals surface area contributed by atoms with Crippen molar-refractivity contribution in [2.45, 2.75) is 27.7 Å². The van der Waals surface area contributed by atoms with Gasteiger partial charge in [-0.1, -0.05) is 12.1 Å². The third-order valence-corrected chi connectivity index (χ3v) is 2.93. The summed E-state index contributed by atoms with van der Waals surface area (Å²) in [5.41, 5.74) is 6.22. The van der Waals surface area contributed by atoms with Gasteiger partial charge in [0.25, 0.3) is 0 Å². The van der Waals surface area contributed by atoms with Crippen molar-refractivity contribution in [3.8, 4) is 11.1 Å². The van der Waals surface area contributed by atoms with E-state index in [9.17, 15) is 0 Å². The van der Waals surface area contributed by atoms with Crippen LogP contribution < -0.4 is 0 Å². The molecule has 2 aromatic rings. The Morgan fingerprint density at radius 3 is 1.94 bits per heavy atom. The molecule has 82 valence electrons. The molecule has 2 heteroatoms. The Labute approximate surface area is 96.4 Å². The summed E-state index contributed by atoms with van der Waals surface area (Å²) in [6, 6.07) is 4.42. The van der Waals surface area contributed by atoms with E-state index in [1.807, 2.05) is 19.3 Å². The number of nitrogens with zero attached hydrogens (tertiary/aromatic N) is 2. The van der Waals surface area contributed by atoms with Gasteiger partial charge in [-0.25, -0.2) is 9.97 Å². The highest BCUT2D eigenvalue weighted by molar-refractivity contribution is 5.67. The Morgan fingerprint density at radius 1 is 0.750 bits per heavy atom. The fourth-order valence-electron chi connectivity index (χ4n) is 1.80. The molecule has 0 aliphatic rings. The van der Waals surface area contributed by atoms with E-state index < -0.39 is 0 Å². The van der Waals surface area contributed by atoms with Crippen molar-refractivity contribution in [2.24, 2.45) is 0 Å². The fraction of sp³-hybridized carbons (Fsp3) is 0.286. The molecule has 0 bridgehead atoms. The number of hydrogen-bond donors (Lipinski definition) is 0. The smallest absolute Gasteiger partial charge is 0.125 e. The van der Waals surface area contributed by atoms with Crippen LogP contribution in [-0.4, -0.2) is 9.97 Å². The van der Waals surface area contributed by atoms with Crippen LogP contribution in [0.15, 0.2) is 24.5 Å². The van der Waals surface area contributed by atoms with Gasteiger partial charge >= 0.3 is 0 Å². The van der Waals surface area contributed by atoms with Gasteiger partial charge in [-0.3, -0.25) is 0 Å². The predicted molar refractivity (Wildman–Crippen MR) is 66.4 cm³/mol. The summed E-state index contributed by atoms with van der Waals surface area (Å²) in [7, 11) is 0. The normalized spacial score (nSPS) is 10.5. The van der Waals surface area contributed by atoms with E-state index in [0.29, 0.717) is 0 Å². The SMILES string of the molecule is Cc1ncc(-c2cc(C)c(C)cc2C)cn1. The molecule has 0 N–H and O–H groups in total. The summed E-state index contributed by atoms with van der Waals surface area (Å²) < 4.78 is 0. The van der Waals surface area contributed by atoms with E-state index in [2.05, 4.69) is 42.9 Å². The first-order valence-electron chi connectivity index (χ1n) is 5.45. The van der Waals surface area contributed by atoms with Crippen molar-refractivity contribution < 1.29 is 0 Å². The number of hydrogen-bond acceptors (Lipinski definition) is 2. The van der Waals surface area contributed by atoms with Crippen molar-refractivity contribution in [1.29, 1.82) is 0 Å². The average Bonchev–Trinajstić information content (AvgIpc) is 2.25. The molecule has 1 aromatic heterocycles. The number of aromatic nitrogens is 2. The van der Waals surface area contributed by atoms with Crippen LogP contribution in [0.25, 0.3) is 11.1 Å².